The number of fused-ring (bicyclic) bond motifs is 1. The number of carbonyl (C=O) groups excluding carboxylic acids is 1. The lowest BCUT2D eigenvalue weighted by atomic mass is 9.95. The second kappa shape index (κ2) is 6.37. The molecule has 2 aromatic carbocycles. The summed E-state index contributed by atoms with van der Waals surface area (Å²) in [6.07, 6.45) is 0.578. The van der Waals surface area contributed by atoms with E-state index >= 15 is 0 Å². The second-order valence-corrected chi connectivity index (χ2v) is 5.61. The van der Waals surface area contributed by atoms with Crippen LogP contribution in [0.25, 0.3) is 10.8 Å². The number of nitrogens with zero attached hydrogens (tertiary/aromatic N) is 1. The van der Waals surface area contributed by atoms with Crippen molar-refractivity contribution in [2.75, 3.05) is 32.8 Å². The molecule has 0 aliphatic carbocycles. The molecule has 21 heavy (non-hydrogen) atoms. The number of ketones is 1. The van der Waals surface area contributed by atoms with Gasteiger partial charge in [0.25, 0.3) is 0 Å². The van der Waals surface area contributed by atoms with Crippen LogP contribution < -0.4 is 0 Å². The zero-order chi connectivity index (χ0) is 14.7. The summed E-state index contributed by atoms with van der Waals surface area (Å²) in [6.45, 7) is 6.27. The Morgan fingerprint density at radius 3 is 2.71 bits per heavy atom. The van der Waals surface area contributed by atoms with E-state index in [2.05, 4.69) is 17.0 Å². The molecule has 1 heterocycles. The number of Topliss-reactive ketones (excluding diaryl/α,β-unsaturated/α-hetero) is 1. The van der Waals surface area contributed by atoms with Crippen molar-refractivity contribution in [2.24, 2.45) is 0 Å². The van der Waals surface area contributed by atoms with E-state index in [1.807, 2.05) is 31.2 Å². The first-order valence-corrected chi connectivity index (χ1v) is 7.57. The molecule has 1 saturated heterocycles. The third kappa shape index (κ3) is 3.14. The van der Waals surface area contributed by atoms with Crippen LogP contribution in [0.4, 0.5) is 0 Å². The Bertz CT molecular complexity index is 645. The smallest absolute Gasteiger partial charge is 0.165 e. The van der Waals surface area contributed by atoms with Gasteiger partial charge in [0.1, 0.15) is 0 Å². The summed E-state index contributed by atoms with van der Waals surface area (Å²) in [5.74, 6) is 0.246. The Balaban J connectivity index is 1.79. The molecule has 1 aliphatic rings. The maximum atomic E-state index is 12.7. The first-order chi connectivity index (χ1) is 10.3. The Kier molecular flexibility index (Phi) is 4.32. The highest BCUT2D eigenvalue weighted by atomic mass is 16.5. The predicted octanol–water partition coefficient (Wildman–Crippen LogP) is 3.05. The molecule has 0 spiro atoms. The van der Waals surface area contributed by atoms with Crippen molar-refractivity contribution < 1.29 is 9.53 Å². The quantitative estimate of drug-likeness (QED) is 0.808. The molecule has 3 rings (SSSR count). The number of ether oxygens (including phenoxy) is 1. The first-order valence-electron chi connectivity index (χ1n) is 7.57. The minimum absolute atomic E-state index is 0.246. The van der Waals surface area contributed by atoms with Crippen molar-refractivity contribution in [3.63, 3.8) is 0 Å². The van der Waals surface area contributed by atoms with E-state index in [1.165, 1.54) is 0 Å². The summed E-state index contributed by atoms with van der Waals surface area (Å²) in [6, 6.07) is 12.3. The number of carbonyl (C=O) groups is 1. The summed E-state index contributed by atoms with van der Waals surface area (Å²) in [7, 11) is 0. The van der Waals surface area contributed by atoms with E-state index in [9.17, 15) is 4.79 Å². The molecule has 0 amide bonds. The number of aryl methyl sites for hydroxylation is 1. The largest absolute Gasteiger partial charge is 0.379 e. The van der Waals surface area contributed by atoms with E-state index in [0.717, 1.165) is 54.7 Å². The SMILES string of the molecule is Cc1ccc2ccccc2c1C(=O)CCN1CCOCC1. The highest BCUT2D eigenvalue weighted by Crippen LogP contribution is 2.23. The van der Waals surface area contributed by atoms with Crippen LogP contribution in [0.3, 0.4) is 0 Å². The molecular weight excluding hydrogens is 262 g/mol. The number of hydrogen-bond donors (Lipinski definition) is 0. The summed E-state index contributed by atoms with van der Waals surface area (Å²) < 4.78 is 5.34. The summed E-state index contributed by atoms with van der Waals surface area (Å²) >= 11 is 0. The molecular formula is C18H21NO2. The molecule has 0 atom stereocenters. The molecule has 0 bridgehead atoms. The molecule has 1 fully saturated rings. The van der Waals surface area contributed by atoms with Gasteiger partial charge in [-0.1, -0.05) is 36.4 Å². The van der Waals surface area contributed by atoms with Gasteiger partial charge in [-0.2, -0.15) is 0 Å². The van der Waals surface area contributed by atoms with Crippen LogP contribution in [0.15, 0.2) is 36.4 Å². The minimum atomic E-state index is 0.246. The van der Waals surface area contributed by atoms with Crippen molar-refractivity contribution in [1.82, 2.24) is 4.90 Å². The summed E-state index contributed by atoms with van der Waals surface area (Å²) in [5, 5.41) is 2.21. The van der Waals surface area contributed by atoms with Gasteiger partial charge in [-0.05, 0) is 23.3 Å². The van der Waals surface area contributed by atoms with Gasteiger partial charge in [-0.3, -0.25) is 9.69 Å². The van der Waals surface area contributed by atoms with Gasteiger partial charge in [-0.25, -0.2) is 0 Å². The monoisotopic (exact) mass is 283 g/mol. The van der Waals surface area contributed by atoms with Gasteiger partial charge in [0, 0.05) is 31.6 Å². The summed E-state index contributed by atoms with van der Waals surface area (Å²) in [5.41, 5.74) is 1.96. The Morgan fingerprint density at radius 2 is 1.90 bits per heavy atom. The maximum Gasteiger partial charge on any atom is 0.165 e. The van der Waals surface area contributed by atoms with Crippen molar-refractivity contribution in [3.05, 3.63) is 47.5 Å². The van der Waals surface area contributed by atoms with Crippen LogP contribution in [0, 0.1) is 6.92 Å². The molecule has 3 nitrogen and oxygen atoms in total. The lowest BCUT2D eigenvalue weighted by Gasteiger charge is -2.26. The van der Waals surface area contributed by atoms with Crippen molar-refractivity contribution >= 4 is 16.6 Å². The summed E-state index contributed by atoms with van der Waals surface area (Å²) in [4.78, 5) is 15.0. The lowest BCUT2D eigenvalue weighted by Crippen LogP contribution is -2.37. The molecule has 0 unspecified atom stereocenters. The van der Waals surface area contributed by atoms with Gasteiger partial charge in [0.2, 0.25) is 0 Å². The Labute approximate surface area is 125 Å². The van der Waals surface area contributed by atoms with Crippen LogP contribution in [0.2, 0.25) is 0 Å². The number of rotatable bonds is 4. The molecule has 3 heteroatoms. The fourth-order valence-electron chi connectivity index (χ4n) is 2.96. The zero-order valence-corrected chi connectivity index (χ0v) is 12.5. The molecule has 0 aromatic heterocycles. The molecule has 0 saturated carbocycles. The maximum absolute atomic E-state index is 12.7. The Hall–Kier alpha value is -1.71. The van der Waals surface area contributed by atoms with Gasteiger partial charge in [0.05, 0.1) is 13.2 Å². The fraction of sp³-hybridized carbons (Fsp3) is 0.389. The molecule has 2 aromatic rings. The molecule has 0 N–H and O–H groups in total. The van der Waals surface area contributed by atoms with Crippen LogP contribution in [0.1, 0.15) is 22.3 Å². The van der Waals surface area contributed by atoms with Crippen molar-refractivity contribution in [1.29, 1.82) is 0 Å². The topological polar surface area (TPSA) is 29.5 Å². The molecule has 110 valence electrons. The van der Waals surface area contributed by atoms with E-state index in [4.69, 9.17) is 4.74 Å². The van der Waals surface area contributed by atoms with Crippen LogP contribution in [0.5, 0.6) is 0 Å². The fourth-order valence-corrected chi connectivity index (χ4v) is 2.96. The number of hydrogen-bond acceptors (Lipinski definition) is 3. The third-order valence-electron chi connectivity index (χ3n) is 4.17. The average Bonchev–Trinajstić information content (AvgIpc) is 2.53. The molecule has 1 aliphatic heterocycles. The van der Waals surface area contributed by atoms with E-state index in [-0.39, 0.29) is 5.78 Å². The van der Waals surface area contributed by atoms with Gasteiger partial charge in [0.15, 0.2) is 5.78 Å². The van der Waals surface area contributed by atoms with Crippen LogP contribution in [-0.4, -0.2) is 43.5 Å². The number of morpholine rings is 1. The standard InChI is InChI=1S/C18H21NO2/c1-14-6-7-15-4-2-3-5-16(15)18(14)17(20)8-9-19-10-12-21-13-11-19/h2-7H,8-13H2,1H3. The van der Waals surface area contributed by atoms with Gasteiger partial charge >= 0.3 is 0 Å². The van der Waals surface area contributed by atoms with E-state index < -0.39 is 0 Å². The molecule has 0 radical (unpaired) electrons. The zero-order valence-electron chi connectivity index (χ0n) is 12.5. The lowest BCUT2D eigenvalue weighted by molar-refractivity contribution is 0.0370. The second-order valence-electron chi connectivity index (χ2n) is 5.61. The van der Waals surface area contributed by atoms with E-state index in [0.29, 0.717) is 6.42 Å². The number of benzene rings is 2. The Morgan fingerprint density at radius 1 is 1.14 bits per heavy atom. The van der Waals surface area contributed by atoms with Crippen molar-refractivity contribution in [2.45, 2.75) is 13.3 Å². The third-order valence-corrected chi connectivity index (χ3v) is 4.17. The van der Waals surface area contributed by atoms with Crippen LogP contribution >= 0.6 is 0 Å². The minimum Gasteiger partial charge on any atom is -0.379 e. The van der Waals surface area contributed by atoms with Gasteiger partial charge < -0.3 is 4.74 Å². The first kappa shape index (κ1) is 14.2. The highest BCUT2D eigenvalue weighted by molar-refractivity contribution is 6.09. The highest BCUT2D eigenvalue weighted by Gasteiger charge is 2.16. The average molecular weight is 283 g/mol. The van der Waals surface area contributed by atoms with Crippen molar-refractivity contribution in [3.8, 4) is 0 Å². The normalized spacial score (nSPS) is 16.2. The van der Waals surface area contributed by atoms with Crippen LogP contribution in [-0.2, 0) is 4.74 Å². The van der Waals surface area contributed by atoms with Gasteiger partial charge in [-0.15, -0.1) is 0 Å². The van der Waals surface area contributed by atoms with E-state index in [1.54, 1.807) is 0 Å². The predicted molar refractivity (Wildman–Crippen MR) is 84.9 cm³/mol.